The molecule has 0 bridgehead atoms. The minimum atomic E-state index is -0.894. The van der Waals surface area contributed by atoms with Crippen molar-refractivity contribution in [3.05, 3.63) is 28.8 Å². The molecule has 1 saturated heterocycles. The molecule has 7 heteroatoms. The van der Waals surface area contributed by atoms with Crippen LogP contribution in [0.4, 0.5) is 5.69 Å². The molecule has 1 aliphatic heterocycles. The summed E-state index contributed by atoms with van der Waals surface area (Å²) in [5, 5.41) is 12.4. The van der Waals surface area contributed by atoms with E-state index in [4.69, 9.17) is 11.6 Å². The van der Waals surface area contributed by atoms with Crippen molar-refractivity contribution in [3.63, 3.8) is 0 Å². The Bertz CT molecular complexity index is 742. The zero-order valence-corrected chi connectivity index (χ0v) is 17.0. The molecule has 0 aromatic heterocycles. The zero-order valence-electron chi connectivity index (χ0n) is 16.2. The van der Waals surface area contributed by atoms with Crippen molar-refractivity contribution in [3.8, 4) is 0 Å². The summed E-state index contributed by atoms with van der Waals surface area (Å²) < 4.78 is 0. The highest BCUT2D eigenvalue weighted by molar-refractivity contribution is 6.34. The molecule has 2 rings (SSSR count). The Kier molecular flexibility index (Phi) is 6.52. The Labute approximate surface area is 164 Å². The second kappa shape index (κ2) is 8.30. The van der Waals surface area contributed by atoms with Crippen molar-refractivity contribution in [2.75, 3.05) is 11.9 Å². The number of amides is 2. The van der Waals surface area contributed by atoms with Crippen LogP contribution in [0, 0.1) is 11.3 Å². The number of benzene rings is 1. The van der Waals surface area contributed by atoms with Crippen LogP contribution in [-0.2, 0) is 9.59 Å². The van der Waals surface area contributed by atoms with Gasteiger partial charge in [-0.3, -0.25) is 14.4 Å². The number of nitrogens with one attached hydrogen (secondary N) is 1. The van der Waals surface area contributed by atoms with Crippen LogP contribution in [0.15, 0.2) is 18.2 Å². The maximum Gasteiger partial charge on any atom is 0.308 e. The van der Waals surface area contributed by atoms with E-state index in [1.165, 1.54) is 0 Å². The number of hydrogen-bond acceptors (Lipinski definition) is 3. The van der Waals surface area contributed by atoms with Crippen LogP contribution in [0.2, 0.25) is 5.02 Å². The smallest absolute Gasteiger partial charge is 0.308 e. The first-order valence-electron chi connectivity index (χ1n) is 9.13. The van der Waals surface area contributed by atoms with Gasteiger partial charge in [0.15, 0.2) is 0 Å². The second-order valence-electron chi connectivity index (χ2n) is 8.31. The maximum atomic E-state index is 13.0. The summed E-state index contributed by atoms with van der Waals surface area (Å²) >= 11 is 6.22. The lowest BCUT2D eigenvalue weighted by Gasteiger charge is -2.37. The van der Waals surface area contributed by atoms with E-state index in [0.717, 1.165) is 0 Å². The minimum Gasteiger partial charge on any atom is -0.481 e. The summed E-state index contributed by atoms with van der Waals surface area (Å²) in [6.45, 7) is 8.15. The number of piperidine rings is 1. The molecule has 1 aromatic rings. The Hall–Kier alpha value is -2.08. The van der Waals surface area contributed by atoms with Gasteiger partial charge in [0.25, 0.3) is 5.91 Å². The molecule has 2 N–H and O–H groups in total. The van der Waals surface area contributed by atoms with E-state index >= 15 is 0 Å². The van der Waals surface area contributed by atoms with Crippen LogP contribution in [0.1, 0.15) is 57.3 Å². The SMILES string of the molecule is C[C@@H]1[C@H](C(=O)O)CCCN1C(=O)c1cc(NC(=O)CC(C)(C)C)ccc1Cl. The quantitative estimate of drug-likeness (QED) is 0.806. The van der Waals surface area contributed by atoms with Gasteiger partial charge in [-0.25, -0.2) is 0 Å². The zero-order chi connectivity index (χ0) is 20.4. The first kappa shape index (κ1) is 21.2. The molecule has 1 aromatic carbocycles. The first-order valence-corrected chi connectivity index (χ1v) is 9.50. The molecule has 0 saturated carbocycles. The van der Waals surface area contributed by atoms with Gasteiger partial charge in [-0.05, 0) is 43.4 Å². The molecule has 0 spiro atoms. The summed E-state index contributed by atoms with van der Waals surface area (Å²) in [6, 6.07) is 4.37. The van der Waals surface area contributed by atoms with Gasteiger partial charge in [-0.1, -0.05) is 32.4 Å². The van der Waals surface area contributed by atoms with E-state index in [2.05, 4.69) is 5.32 Å². The Morgan fingerprint density at radius 1 is 1.30 bits per heavy atom. The number of carboxylic acids is 1. The average molecular weight is 395 g/mol. The van der Waals surface area contributed by atoms with Gasteiger partial charge in [-0.15, -0.1) is 0 Å². The largest absolute Gasteiger partial charge is 0.481 e. The number of likely N-dealkylation sites (tertiary alicyclic amines) is 1. The Balaban J connectivity index is 2.21. The molecular formula is C20H27ClN2O4. The lowest BCUT2D eigenvalue weighted by Crippen LogP contribution is -2.49. The fourth-order valence-corrected chi connectivity index (χ4v) is 3.57. The Morgan fingerprint density at radius 3 is 2.56 bits per heavy atom. The van der Waals surface area contributed by atoms with E-state index in [-0.39, 0.29) is 27.8 Å². The lowest BCUT2D eigenvalue weighted by atomic mass is 9.90. The van der Waals surface area contributed by atoms with Gasteiger partial charge >= 0.3 is 5.97 Å². The summed E-state index contributed by atoms with van der Waals surface area (Å²) in [5.74, 6) is -1.93. The van der Waals surface area contributed by atoms with Crippen molar-refractivity contribution in [1.82, 2.24) is 4.90 Å². The van der Waals surface area contributed by atoms with Crippen molar-refractivity contribution in [2.24, 2.45) is 11.3 Å². The van der Waals surface area contributed by atoms with Gasteiger partial charge in [0.05, 0.1) is 16.5 Å². The van der Waals surface area contributed by atoms with Crippen LogP contribution < -0.4 is 5.32 Å². The predicted octanol–water partition coefficient (Wildman–Crippen LogP) is 4.04. The van der Waals surface area contributed by atoms with Crippen LogP contribution in [-0.4, -0.2) is 40.4 Å². The molecule has 0 aliphatic carbocycles. The molecule has 0 unspecified atom stereocenters. The highest BCUT2D eigenvalue weighted by Gasteiger charge is 2.36. The number of carboxylic acid groups (broad SMARTS) is 1. The number of carbonyl (C=O) groups excluding carboxylic acids is 2. The molecule has 148 valence electrons. The van der Waals surface area contributed by atoms with E-state index < -0.39 is 17.9 Å². The van der Waals surface area contributed by atoms with E-state index in [1.807, 2.05) is 20.8 Å². The van der Waals surface area contributed by atoms with Gasteiger partial charge in [0.1, 0.15) is 0 Å². The summed E-state index contributed by atoms with van der Waals surface area (Å²) in [4.78, 5) is 38.1. The Morgan fingerprint density at radius 2 is 1.96 bits per heavy atom. The average Bonchev–Trinajstić information content (AvgIpc) is 2.54. The minimum absolute atomic E-state index is 0.138. The van der Waals surface area contributed by atoms with E-state index in [9.17, 15) is 19.5 Å². The molecule has 1 fully saturated rings. The molecule has 27 heavy (non-hydrogen) atoms. The highest BCUT2D eigenvalue weighted by Crippen LogP contribution is 2.29. The fourth-order valence-electron chi connectivity index (χ4n) is 3.37. The third-order valence-corrected chi connectivity index (χ3v) is 5.07. The van der Waals surface area contributed by atoms with Gasteiger partial charge in [0.2, 0.25) is 5.91 Å². The number of carbonyl (C=O) groups is 3. The standard InChI is InChI=1S/C20H27ClN2O4/c1-12-14(19(26)27)6-5-9-23(12)18(25)15-10-13(7-8-16(15)21)22-17(24)11-20(2,3)4/h7-8,10,12,14H,5-6,9,11H2,1-4H3,(H,22,24)(H,26,27)/t12-,14-/m1/s1. The second-order valence-corrected chi connectivity index (χ2v) is 8.71. The van der Waals surface area contributed by atoms with E-state index in [1.54, 1.807) is 30.0 Å². The highest BCUT2D eigenvalue weighted by atomic mass is 35.5. The normalized spacial score (nSPS) is 20.3. The number of halogens is 1. The topological polar surface area (TPSA) is 86.7 Å². The number of hydrogen-bond donors (Lipinski definition) is 2. The number of nitrogens with zero attached hydrogens (tertiary/aromatic N) is 1. The number of anilines is 1. The monoisotopic (exact) mass is 394 g/mol. The third kappa shape index (κ3) is 5.45. The van der Waals surface area contributed by atoms with Crippen LogP contribution >= 0.6 is 11.6 Å². The molecule has 1 aliphatic rings. The molecule has 2 amide bonds. The number of aliphatic carboxylic acids is 1. The number of rotatable bonds is 4. The van der Waals surface area contributed by atoms with Gasteiger partial charge < -0.3 is 15.3 Å². The maximum absolute atomic E-state index is 13.0. The van der Waals surface area contributed by atoms with Crippen molar-refractivity contribution < 1.29 is 19.5 Å². The van der Waals surface area contributed by atoms with Crippen molar-refractivity contribution in [2.45, 2.75) is 53.0 Å². The fraction of sp³-hybridized carbons (Fsp3) is 0.550. The lowest BCUT2D eigenvalue weighted by molar-refractivity contribution is -0.145. The first-order chi connectivity index (χ1) is 12.5. The molecule has 2 atom stereocenters. The van der Waals surface area contributed by atoms with Crippen molar-refractivity contribution in [1.29, 1.82) is 0 Å². The van der Waals surface area contributed by atoms with Crippen LogP contribution in [0.25, 0.3) is 0 Å². The summed E-state index contributed by atoms with van der Waals surface area (Å²) in [7, 11) is 0. The molecule has 0 radical (unpaired) electrons. The van der Waals surface area contributed by atoms with Gasteiger partial charge in [-0.2, -0.15) is 0 Å². The molecule has 1 heterocycles. The van der Waals surface area contributed by atoms with Gasteiger partial charge in [0, 0.05) is 24.7 Å². The molecule has 6 nitrogen and oxygen atoms in total. The van der Waals surface area contributed by atoms with Crippen LogP contribution in [0.3, 0.4) is 0 Å². The summed E-state index contributed by atoms with van der Waals surface area (Å²) in [6.07, 6.45) is 1.53. The van der Waals surface area contributed by atoms with Crippen LogP contribution in [0.5, 0.6) is 0 Å². The van der Waals surface area contributed by atoms with E-state index in [0.29, 0.717) is 31.5 Å². The molecular weight excluding hydrogens is 368 g/mol. The summed E-state index contributed by atoms with van der Waals surface area (Å²) in [5.41, 5.74) is 0.615. The van der Waals surface area contributed by atoms with Crippen molar-refractivity contribution >= 4 is 35.1 Å². The predicted molar refractivity (Wildman–Crippen MR) is 105 cm³/mol. The third-order valence-electron chi connectivity index (χ3n) is 4.74.